The van der Waals surface area contributed by atoms with Crippen LogP contribution in [0.25, 0.3) is 10.8 Å². The van der Waals surface area contributed by atoms with E-state index in [-0.39, 0.29) is 12.6 Å². The van der Waals surface area contributed by atoms with Crippen LogP contribution in [-0.2, 0) is 11.3 Å². The molecule has 23 heavy (non-hydrogen) atoms. The van der Waals surface area contributed by atoms with Crippen molar-refractivity contribution in [3.63, 3.8) is 0 Å². The fraction of sp³-hybridized carbons (Fsp3) is 0.150. The molecule has 0 heterocycles. The predicted octanol–water partition coefficient (Wildman–Crippen LogP) is 4.26. The molecule has 0 N–H and O–H groups in total. The zero-order valence-corrected chi connectivity index (χ0v) is 13.3. The summed E-state index contributed by atoms with van der Waals surface area (Å²) in [6.45, 7) is 0.273. The second kappa shape index (κ2) is 6.53. The van der Waals surface area contributed by atoms with Crippen molar-refractivity contribution < 1.29 is 9.53 Å². The molecular formula is C20H19NO2. The fourth-order valence-electron chi connectivity index (χ4n) is 2.54. The highest BCUT2D eigenvalue weighted by Gasteiger charge is 2.09. The summed E-state index contributed by atoms with van der Waals surface area (Å²) < 4.78 is 5.47. The van der Waals surface area contributed by atoms with E-state index in [0.29, 0.717) is 5.56 Å². The van der Waals surface area contributed by atoms with Gasteiger partial charge in [-0.15, -0.1) is 0 Å². The summed E-state index contributed by atoms with van der Waals surface area (Å²) in [5.41, 5.74) is 2.63. The minimum Gasteiger partial charge on any atom is -0.457 e. The van der Waals surface area contributed by atoms with Crippen LogP contribution in [0.2, 0.25) is 0 Å². The van der Waals surface area contributed by atoms with Crippen LogP contribution in [0.1, 0.15) is 15.9 Å². The van der Waals surface area contributed by atoms with Crippen molar-refractivity contribution in [2.75, 3.05) is 19.0 Å². The number of nitrogens with zero attached hydrogens (tertiary/aromatic N) is 1. The lowest BCUT2D eigenvalue weighted by atomic mass is 10.1. The van der Waals surface area contributed by atoms with E-state index < -0.39 is 0 Å². The number of fused-ring (bicyclic) bond motifs is 1. The van der Waals surface area contributed by atoms with E-state index in [9.17, 15) is 4.79 Å². The van der Waals surface area contributed by atoms with Gasteiger partial charge in [0, 0.05) is 19.8 Å². The van der Waals surface area contributed by atoms with Gasteiger partial charge in [0.1, 0.15) is 6.61 Å². The molecule has 0 aliphatic heterocycles. The van der Waals surface area contributed by atoms with Crippen LogP contribution in [0.4, 0.5) is 5.69 Å². The Morgan fingerprint density at radius 2 is 1.61 bits per heavy atom. The van der Waals surface area contributed by atoms with Gasteiger partial charge in [0.2, 0.25) is 0 Å². The van der Waals surface area contributed by atoms with Crippen LogP contribution >= 0.6 is 0 Å². The monoisotopic (exact) mass is 305 g/mol. The Labute approximate surface area is 136 Å². The van der Waals surface area contributed by atoms with E-state index in [1.165, 1.54) is 0 Å². The minimum atomic E-state index is -0.303. The minimum absolute atomic E-state index is 0.273. The van der Waals surface area contributed by atoms with Crippen LogP contribution in [0.3, 0.4) is 0 Å². The van der Waals surface area contributed by atoms with Gasteiger partial charge in [-0.3, -0.25) is 0 Å². The highest BCUT2D eigenvalue weighted by atomic mass is 16.5. The number of carbonyl (C=O) groups excluding carboxylic acids is 1. The van der Waals surface area contributed by atoms with Crippen molar-refractivity contribution in [3.05, 3.63) is 77.9 Å². The Balaban J connectivity index is 1.73. The number of esters is 1. The smallest absolute Gasteiger partial charge is 0.338 e. The third kappa shape index (κ3) is 3.34. The first-order valence-corrected chi connectivity index (χ1v) is 7.56. The zero-order valence-electron chi connectivity index (χ0n) is 13.3. The lowest BCUT2D eigenvalue weighted by Crippen LogP contribution is -2.09. The van der Waals surface area contributed by atoms with Crippen molar-refractivity contribution in [2.45, 2.75) is 6.61 Å². The lowest BCUT2D eigenvalue weighted by molar-refractivity contribution is 0.0474. The van der Waals surface area contributed by atoms with Crippen molar-refractivity contribution in [1.29, 1.82) is 0 Å². The first kappa shape index (κ1) is 15.1. The molecule has 0 spiro atoms. The highest BCUT2D eigenvalue weighted by Crippen LogP contribution is 2.20. The van der Waals surface area contributed by atoms with Crippen molar-refractivity contribution >= 4 is 22.4 Å². The van der Waals surface area contributed by atoms with Gasteiger partial charge in [-0.05, 0) is 40.6 Å². The van der Waals surface area contributed by atoms with Gasteiger partial charge in [-0.2, -0.15) is 0 Å². The van der Waals surface area contributed by atoms with Crippen LogP contribution < -0.4 is 4.90 Å². The van der Waals surface area contributed by atoms with Crippen LogP contribution in [-0.4, -0.2) is 20.1 Å². The molecule has 3 aromatic rings. The van der Waals surface area contributed by atoms with E-state index >= 15 is 0 Å². The first-order chi connectivity index (χ1) is 11.1. The number of anilines is 1. The van der Waals surface area contributed by atoms with Gasteiger partial charge >= 0.3 is 5.97 Å². The van der Waals surface area contributed by atoms with Crippen molar-refractivity contribution in [1.82, 2.24) is 0 Å². The molecule has 0 atom stereocenters. The summed E-state index contributed by atoms with van der Waals surface area (Å²) in [7, 11) is 3.93. The molecule has 0 saturated heterocycles. The Hall–Kier alpha value is -2.81. The molecule has 116 valence electrons. The molecule has 0 aliphatic rings. The summed E-state index contributed by atoms with van der Waals surface area (Å²) in [6, 6.07) is 21.5. The van der Waals surface area contributed by atoms with Crippen molar-refractivity contribution in [2.24, 2.45) is 0 Å². The van der Waals surface area contributed by atoms with E-state index in [2.05, 4.69) is 12.1 Å². The molecule has 3 rings (SSSR count). The second-order valence-electron chi connectivity index (χ2n) is 5.66. The summed E-state index contributed by atoms with van der Waals surface area (Å²) >= 11 is 0. The molecule has 0 amide bonds. The number of hydrogen-bond acceptors (Lipinski definition) is 3. The molecule has 0 saturated carbocycles. The highest BCUT2D eigenvalue weighted by molar-refractivity contribution is 5.90. The van der Waals surface area contributed by atoms with Gasteiger partial charge in [-0.25, -0.2) is 4.79 Å². The predicted molar refractivity (Wildman–Crippen MR) is 93.8 cm³/mol. The Morgan fingerprint density at radius 3 is 2.35 bits per heavy atom. The second-order valence-corrected chi connectivity index (χ2v) is 5.66. The number of rotatable bonds is 4. The van der Waals surface area contributed by atoms with Crippen molar-refractivity contribution in [3.8, 4) is 0 Å². The van der Waals surface area contributed by atoms with Crippen LogP contribution in [0, 0.1) is 0 Å². The summed E-state index contributed by atoms with van der Waals surface area (Å²) in [5.74, 6) is -0.303. The molecule has 0 radical (unpaired) electrons. The maximum atomic E-state index is 12.2. The van der Waals surface area contributed by atoms with Gasteiger partial charge in [0.05, 0.1) is 5.56 Å². The number of carbonyl (C=O) groups is 1. The molecule has 3 aromatic carbocycles. The maximum Gasteiger partial charge on any atom is 0.338 e. The number of ether oxygens (including phenoxy) is 1. The third-order valence-electron chi connectivity index (χ3n) is 3.86. The van der Waals surface area contributed by atoms with E-state index in [1.54, 1.807) is 12.1 Å². The van der Waals surface area contributed by atoms with Gasteiger partial charge < -0.3 is 9.64 Å². The maximum absolute atomic E-state index is 12.2. The molecule has 0 bridgehead atoms. The summed E-state index contributed by atoms with van der Waals surface area (Å²) in [6.07, 6.45) is 0. The molecule has 3 nitrogen and oxygen atoms in total. The fourth-order valence-corrected chi connectivity index (χ4v) is 2.54. The van der Waals surface area contributed by atoms with Gasteiger partial charge in [0.25, 0.3) is 0 Å². The van der Waals surface area contributed by atoms with Gasteiger partial charge in [0.15, 0.2) is 0 Å². The van der Waals surface area contributed by atoms with E-state index in [1.807, 2.05) is 61.5 Å². The Morgan fingerprint density at radius 1 is 0.913 bits per heavy atom. The van der Waals surface area contributed by atoms with Crippen LogP contribution in [0.15, 0.2) is 66.7 Å². The molecule has 0 fully saturated rings. The average Bonchev–Trinajstić information content (AvgIpc) is 2.59. The summed E-state index contributed by atoms with van der Waals surface area (Å²) in [5, 5.41) is 2.27. The molecule has 0 aliphatic carbocycles. The zero-order chi connectivity index (χ0) is 16.2. The first-order valence-electron chi connectivity index (χ1n) is 7.56. The Bertz CT molecular complexity index is 817. The molecule has 3 heteroatoms. The van der Waals surface area contributed by atoms with E-state index in [0.717, 1.165) is 22.0 Å². The topological polar surface area (TPSA) is 29.5 Å². The normalized spacial score (nSPS) is 10.5. The Kier molecular flexibility index (Phi) is 4.29. The molecular weight excluding hydrogens is 286 g/mol. The largest absolute Gasteiger partial charge is 0.457 e. The number of hydrogen-bond donors (Lipinski definition) is 0. The lowest BCUT2D eigenvalue weighted by Gasteiger charge is -2.12. The average molecular weight is 305 g/mol. The summed E-state index contributed by atoms with van der Waals surface area (Å²) in [4.78, 5) is 14.2. The number of benzene rings is 3. The standard InChI is InChI=1S/C20H19NO2/c1-21(2)18-12-10-16(11-13-18)20(22)23-14-17-8-5-7-15-6-3-4-9-19(15)17/h3-13H,14H2,1-2H3. The third-order valence-corrected chi connectivity index (χ3v) is 3.86. The SMILES string of the molecule is CN(C)c1ccc(C(=O)OCc2cccc3ccccc23)cc1. The van der Waals surface area contributed by atoms with E-state index in [4.69, 9.17) is 4.74 Å². The van der Waals surface area contributed by atoms with Crippen LogP contribution in [0.5, 0.6) is 0 Å². The quantitative estimate of drug-likeness (QED) is 0.674. The molecule has 0 aromatic heterocycles. The van der Waals surface area contributed by atoms with Gasteiger partial charge in [-0.1, -0.05) is 42.5 Å². The molecule has 0 unspecified atom stereocenters.